The van der Waals surface area contributed by atoms with Crippen molar-refractivity contribution < 1.29 is 14.7 Å². The molecule has 0 saturated carbocycles. The van der Waals surface area contributed by atoms with Crippen LogP contribution in [0.2, 0.25) is 0 Å². The number of nitrogens with one attached hydrogen (secondary N) is 2. The van der Waals surface area contributed by atoms with Crippen LogP contribution in [0, 0.1) is 10.8 Å². The third-order valence-corrected chi connectivity index (χ3v) is 3.68. The zero-order valence-electron chi connectivity index (χ0n) is 16.2. The highest BCUT2D eigenvalue weighted by molar-refractivity contribution is 5.78. The van der Waals surface area contributed by atoms with Crippen LogP contribution in [-0.4, -0.2) is 22.3 Å². The van der Waals surface area contributed by atoms with Crippen LogP contribution in [0.15, 0.2) is 97.1 Å². The summed E-state index contributed by atoms with van der Waals surface area (Å²) in [6.07, 6.45) is 2.53. The van der Waals surface area contributed by atoms with E-state index in [1.807, 2.05) is 30.3 Å². The summed E-state index contributed by atoms with van der Waals surface area (Å²) in [6.45, 7) is 0. The smallest absolute Gasteiger partial charge is 0.231 e. The van der Waals surface area contributed by atoms with Gasteiger partial charge in [-0.3, -0.25) is 0 Å². The highest BCUT2D eigenvalue weighted by Crippen LogP contribution is 2.14. The lowest BCUT2D eigenvalue weighted by atomic mass is 10.1. The molecule has 0 radical (unpaired) electrons. The number of carbonyl (C=O) groups excluding carboxylic acids is 2. The second-order valence-corrected chi connectivity index (χ2v) is 5.71. The molecule has 3 N–H and O–H groups in total. The number of hydrogen-bond donors (Lipinski definition) is 3. The van der Waals surface area contributed by atoms with Gasteiger partial charge in [0.2, 0.25) is 18.0 Å². The fourth-order valence-corrected chi connectivity index (χ4v) is 2.48. The number of aromatic hydroxyl groups is 1. The van der Waals surface area contributed by atoms with E-state index >= 15 is 0 Å². The molecule has 0 aliphatic carbocycles. The van der Waals surface area contributed by atoms with Crippen molar-refractivity contribution >= 4 is 23.1 Å². The van der Waals surface area contributed by atoms with Crippen molar-refractivity contribution in [1.29, 1.82) is 10.8 Å². The van der Waals surface area contributed by atoms with E-state index in [-0.39, 0.29) is 5.88 Å². The first kappa shape index (κ1) is 23.7. The molecule has 30 heavy (non-hydrogen) atoms. The van der Waals surface area contributed by atoms with Crippen LogP contribution in [0.25, 0.3) is 10.9 Å². The lowest BCUT2D eigenvalue weighted by Gasteiger charge is -2.00. The van der Waals surface area contributed by atoms with E-state index in [1.165, 1.54) is 11.1 Å². The van der Waals surface area contributed by atoms with E-state index in [9.17, 15) is 0 Å². The van der Waals surface area contributed by atoms with Gasteiger partial charge in [0.15, 0.2) is 0 Å². The summed E-state index contributed by atoms with van der Waals surface area (Å²) in [4.78, 5) is 20.6. The number of hydrogen-bond acceptors (Lipinski definition) is 6. The average molecular weight is 399 g/mol. The SMILES string of the molecule is N=C=O.N=C=O.Oc1ccc2ccccc2n1.c1ccc(Cc2ccccc2)cc1. The number of fused-ring (bicyclic) bond motifs is 1. The van der Waals surface area contributed by atoms with Gasteiger partial charge in [0.25, 0.3) is 0 Å². The Kier molecular flexibility index (Phi) is 11.6. The highest BCUT2D eigenvalue weighted by Gasteiger charge is 1.93. The molecule has 3 aromatic carbocycles. The van der Waals surface area contributed by atoms with Gasteiger partial charge in [-0.15, -0.1) is 0 Å². The topological polar surface area (TPSA) is 115 Å². The molecule has 0 saturated heterocycles. The standard InChI is InChI=1S/C13H12.C9H7NO.2CHNO/c1-3-7-12(8-4-1)11-13-9-5-2-6-10-13;11-9-6-5-7-3-1-2-4-8(7)10-9;2*2-1-3/h1-10H,11H2;1-6H,(H,10,11);2*2H. The van der Waals surface area contributed by atoms with Crippen LogP contribution < -0.4 is 0 Å². The Morgan fingerprint density at radius 1 is 0.667 bits per heavy atom. The number of pyridine rings is 1. The average Bonchev–Trinajstić information content (AvgIpc) is 2.77. The maximum atomic E-state index is 9.02. The number of benzene rings is 3. The molecule has 4 aromatic rings. The Labute approximate surface area is 174 Å². The highest BCUT2D eigenvalue weighted by atomic mass is 16.3. The fourth-order valence-electron chi connectivity index (χ4n) is 2.48. The summed E-state index contributed by atoms with van der Waals surface area (Å²) in [5.74, 6) is 0.0729. The molecule has 1 heterocycles. The molecule has 6 heteroatoms. The summed E-state index contributed by atoms with van der Waals surface area (Å²) in [7, 11) is 0. The van der Waals surface area contributed by atoms with E-state index in [1.54, 1.807) is 6.07 Å². The Bertz CT molecular complexity index is 1020. The molecule has 150 valence electrons. The van der Waals surface area contributed by atoms with Gasteiger partial charge in [-0.05, 0) is 29.7 Å². The summed E-state index contributed by atoms with van der Waals surface area (Å²) in [5, 5.41) is 20.9. The molecule has 1 aromatic heterocycles. The normalized spacial score (nSPS) is 8.53. The molecule has 0 amide bonds. The van der Waals surface area contributed by atoms with E-state index in [0.29, 0.717) is 0 Å². The van der Waals surface area contributed by atoms with Gasteiger partial charge in [0, 0.05) is 11.5 Å². The number of nitrogens with zero attached hydrogens (tertiary/aromatic N) is 1. The van der Waals surface area contributed by atoms with E-state index in [4.69, 9.17) is 25.5 Å². The summed E-state index contributed by atoms with van der Waals surface area (Å²) in [6, 6.07) is 32.2. The molecule has 6 nitrogen and oxygen atoms in total. The number of aromatic nitrogens is 1. The maximum Gasteiger partial charge on any atom is 0.231 e. The van der Waals surface area contributed by atoms with Crippen LogP contribution in [0.1, 0.15) is 11.1 Å². The Morgan fingerprint density at radius 3 is 1.60 bits per heavy atom. The van der Waals surface area contributed by atoms with Crippen LogP contribution in [0.3, 0.4) is 0 Å². The third-order valence-electron chi connectivity index (χ3n) is 3.68. The first-order valence-corrected chi connectivity index (χ1v) is 8.85. The zero-order valence-corrected chi connectivity index (χ0v) is 16.2. The molecule has 4 rings (SSSR count). The minimum absolute atomic E-state index is 0.0729. The van der Waals surface area contributed by atoms with Crippen molar-refractivity contribution in [2.75, 3.05) is 0 Å². The molecular weight excluding hydrogens is 378 g/mol. The zero-order chi connectivity index (χ0) is 22.0. The fraction of sp³-hybridized carbons (Fsp3) is 0.0417. The monoisotopic (exact) mass is 399 g/mol. The first-order chi connectivity index (χ1) is 14.6. The van der Waals surface area contributed by atoms with Gasteiger partial charge >= 0.3 is 0 Å². The summed E-state index contributed by atoms with van der Waals surface area (Å²) in [5.41, 5.74) is 3.56. The van der Waals surface area contributed by atoms with Gasteiger partial charge in [0.05, 0.1) is 5.52 Å². The molecule has 0 fully saturated rings. The minimum atomic E-state index is 0.0729. The Morgan fingerprint density at radius 2 is 1.10 bits per heavy atom. The predicted octanol–water partition coefficient (Wildman–Crippen LogP) is 5.02. The molecule has 0 aliphatic rings. The second kappa shape index (κ2) is 14.7. The number of rotatable bonds is 2. The lowest BCUT2D eigenvalue weighted by molar-refractivity contribution is 0.456. The van der Waals surface area contributed by atoms with Crippen molar-refractivity contribution in [3.05, 3.63) is 108 Å². The van der Waals surface area contributed by atoms with E-state index in [2.05, 4.69) is 65.6 Å². The van der Waals surface area contributed by atoms with Crippen molar-refractivity contribution in [3.8, 4) is 5.88 Å². The summed E-state index contributed by atoms with van der Waals surface area (Å²) >= 11 is 0. The first-order valence-electron chi connectivity index (χ1n) is 8.85. The molecule has 0 spiro atoms. The Balaban J connectivity index is 0.000000240. The third kappa shape index (κ3) is 9.53. The van der Waals surface area contributed by atoms with Crippen molar-refractivity contribution in [3.63, 3.8) is 0 Å². The predicted molar refractivity (Wildman–Crippen MR) is 116 cm³/mol. The Hall–Kier alpha value is -4.37. The minimum Gasteiger partial charge on any atom is -0.493 e. The summed E-state index contributed by atoms with van der Waals surface area (Å²) < 4.78 is 0. The molecular formula is C24H21N3O3. The number of para-hydroxylation sites is 1. The molecule has 0 bridgehead atoms. The van der Waals surface area contributed by atoms with E-state index < -0.39 is 0 Å². The lowest BCUT2D eigenvalue weighted by Crippen LogP contribution is -1.85. The second-order valence-electron chi connectivity index (χ2n) is 5.71. The van der Waals surface area contributed by atoms with Crippen LogP contribution in [0.5, 0.6) is 5.88 Å². The maximum absolute atomic E-state index is 9.02. The quantitative estimate of drug-likeness (QED) is 0.324. The molecule has 0 unspecified atom stereocenters. The van der Waals surface area contributed by atoms with Gasteiger partial charge in [-0.2, -0.15) is 0 Å². The van der Waals surface area contributed by atoms with Crippen LogP contribution >= 0.6 is 0 Å². The van der Waals surface area contributed by atoms with Crippen molar-refractivity contribution in [2.24, 2.45) is 0 Å². The van der Waals surface area contributed by atoms with Gasteiger partial charge in [-0.25, -0.2) is 25.4 Å². The van der Waals surface area contributed by atoms with Crippen molar-refractivity contribution in [1.82, 2.24) is 4.98 Å². The van der Waals surface area contributed by atoms with Crippen LogP contribution in [0.4, 0.5) is 0 Å². The number of isocyanates is 2. The van der Waals surface area contributed by atoms with Crippen LogP contribution in [-0.2, 0) is 16.0 Å². The van der Waals surface area contributed by atoms with E-state index in [0.717, 1.165) is 29.5 Å². The van der Waals surface area contributed by atoms with Gasteiger partial charge in [0.1, 0.15) is 0 Å². The largest absolute Gasteiger partial charge is 0.493 e. The van der Waals surface area contributed by atoms with Crippen molar-refractivity contribution in [2.45, 2.75) is 6.42 Å². The molecule has 0 aliphatic heterocycles. The molecule has 0 atom stereocenters. The van der Waals surface area contributed by atoms with Gasteiger partial charge < -0.3 is 5.11 Å². The van der Waals surface area contributed by atoms with Gasteiger partial charge in [-0.1, -0.05) is 78.9 Å².